The second kappa shape index (κ2) is 13.7. The normalized spacial score (nSPS) is 11.8. The Morgan fingerprint density at radius 2 is 1.65 bits per heavy atom. The number of aryl methyl sites for hydroxylation is 2. The van der Waals surface area contributed by atoms with Crippen LogP contribution in [0.2, 0.25) is 0 Å². The van der Waals surface area contributed by atoms with Gasteiger partial charge in [0.15, 0.2) is 5.13 Å². The molecular weight excluding hydrogens is 528 g/mol. The van der Waals surface area contributed by atoms with Gasteiger partial charge in [0.05, 0.1) is 15.1 Å². The van der Waals surface area contributed by atoms with Gasteiger partial charge in [0.2, 0.25) is 10.0 Å². The zero-order valence-corrected chi connectivity index (χ0v) is 25.0. The smallest absolute Gasteiger partial charge is 0.260 e. The Bertz CT molecular complexity index is 1290. The lowest BCUT2D eigenvalue weighted by molar-refractivity contribution is -0.0000179. The number of benzene rings is 2. The molecule has 37 heavy (non-hydrogen) atoms. The molecule has 0 saturated carbocycles. The van der Waals surface area contributed by atoms with Crippen molar-refractivity contribution in [2.75, 3.05) is 45.2 Å². The van der Waals surface area contributed by atoms with Crippen molar-refractivity contribution in [2.45, 2.75) is 51.9 Å². The maximum atomic E-state index is 13.7. The predicted molar refractivity (Wildman–Crippen MR) is 150 cm³/mol. The Kier molecular flexibility index (Phi) is 11.5. The minimum atomic E-state index is -3.60. The quantitative estimate of drug-likeness (QED) is 0.337. The van der Waals surface area contributed by atoms with E-state index in [4.69, 9.17) is 4.98 Å². The molecule has 0 saturated heterocycles. The lowest BCUT2D eigenvalue weighted by Crippen LogP contribution is -3.00. The van der Waals surface area contributed by atoms with E-state index in [2.05, 4.69) is 17.9 Å². The number of hydrogen-bond acceptors (Lipinski definition) is 6. The van der Waals surface area contributed by atoms with Crippen molar-refractivity contribution in [3.05, 3.63) is 53.1 Å². The van der Waals surface area contributed by atoms with Crippen LogP contribution in [0.5, 0.6) is 0 Å². The molecule has 3 rings (SSSR count). The Balaban J connectivity index is 0.00000481. The highest BCUT2D eigenvalue weighted by atomic mass is 35.5. The topological polar surface area (TPSA) is 73.8 Å². The standard InChI is InChI=1S/C27H38N4O3S2.ClH/c1-7-9-16-30(8-2)36(33,34)23-13-11-22(12-14-23)26(32)31(17-10-15-29(5)6)27-28-24-19-20(3)18-21(4)25(24)35-27;/h11-14,18-19H,7-10,15-17H2,1-6H3;1H/p-1. The number of thiazole rings is 1. The summed E-state index contributed by atoms with van der Waals surface area (Å²) in [4.78, 5) is 22.5. The van der Waals surface area contributed by atoms with Crippen LogP contribution in [0.15, 0.2) is 41.3 Å². The van der Waals surface area contributed by atoms with E-state index in [-0.39, 0.29) is 23.2 Å². The summed E-state index contributed by atoms with van der Waals surface area (Å²) in [6, 6.07) is 10.5. The van der Waals surface area contributed by atoms with E-state index in [1.165, 1.54) is 15.6 Å². The molecule has 0 atom stereocenters. The minimum absolute atomic E-state index is 0. The average molecular weight is 566 g/mol. The molecule has 0 radical (unpaired) electrons. The van der Waals surface area contributed by atoms with Crippen LogP contribution in [-0.2, 0) is 10.0 Å². The number of aromatic nitrogens is 1. The fourth-order valence-electron chi connectivity index (χ4n) is 4.17. The van der Waals surface area contributed by atoms with Crippen LogP contribution >= 0.6 is 11.3 Å². The maximum Gasteiger partial charge on any atom is 0.260 e. The van der Waals surface area contributed by atoms with Crippen LogP contribution < -0.4 is 17.3 Å². The second-order valence-corrected chi connectivity index (χ2v) is 12.3. The number of rotatable bonds is 12. The van der Waals surface area contributed by atoms with E-state index in [0.717, 1.165) is 47.2 Å². The summed E-state index contributed by atoms with van der Waals surface area (Å²) < 4.78 is 28.7. The predicted octanol–water partition coefficient (Wildman–Crippen LogP) is 2.33. The third-order valence-electron chi connectivity index (χ3n) is 6.12. The van der Waals surface area contributed by atoms with Crippen LogP contribution in [0, 0.1) is 13.8 Å². The lowest BCUT2D eigenvalue weighted by Gasteiger charge is -2.22. The number of hydrogen-bond donors (Lipinski definition) is 0. The summed E-state index contributed by atoms with van der Waals surface area (Å²) in [6.45, 7) is 10.3. The summed E-state index contributed by atoms with van der Waals surface area (Å²) in [5, 5.41) is 0.663. The first-order valence-electron chi connectivity index (χ1n) is 12.5. The number of sulfonamides is 1. The summed E-state index contributed by atoms with van der Waals surface area (Å²) in [5.74, 6) is -0.176. The first-order chi connectivity index (χ1) is 17.1. The van der Waals surface area contributed by atoms with E-state index in [1.54, 1.807) is 29.2 Å². The van der Waals surface area contributed by atoms with Gasteiger partial charge in [-0.25, -0.2) is 13.4 Å². The van der Waals surface area contributed by atoms with Crippen LogP contribution in [0.1, 0.15) is 54.6 Å². The van der Waals surface area contributed by atoms with Gasteiger partial charge >= 0.3 is 0 Å². The summed E-state index contributed by atoms with van der Waals surface area (Å²) >= 11 is 1.52. The van der Waals surface area contributed by atoms with E-state index in [1.807, 2.05) is 40.9 Å². The Morgan fingerprint density at radius 1 is 0.973 bits per heavy atom. The van der Waals surface area contributed by atoms with Gasteiger partial charge in [0.25, 0.3) is 5.91 Å². The average Bonchev–Trinajstić information content (AvgIpc) is 3.25. The molecule has 3 aromatic rings. The van der Waals surface area contributed by atoms with Gasteiger partial charge in [0, 0.05) is 25.2 Å². The highest BCUT2D eigenvalue weighted by Crippen LogP contribution is 2.33. The van der Waals surface area contributed by atoms with Gasteiger partial charge in [-0.1, -0.05) is 37.7 Å². The van der Waals surface area contributed by atoms with E-state index in [0.29, 0.717) is 30.3 Å². The number of fused-ring (bicyclic) bond motifs is 1. The van der Waals surface area contributed by atoms with Gasteiger partial charge in [-0.2, -0.15) is 4.31 Å². The molecule has 1 amide bonds. The summed E-state index contributed by atoms with van der Waals surface area (Å²) in [5.41, 5.74) is 3.63. The second-order valence-electron chi connectivity index (χ2n) is 9.41. The summed E-state index contributed by atoms with van der Waals surface area (Å²) in [6.07, 6.45) is 2.53. The van der Waals surface area contributed by atoms with Crippen molar-refractivity contribution in [1.82, 2.24) is 14.2 Å². The monoisotopic (exact) mass is 565 g/mol. The van der Waals surface area contributed by atoms with Crippen molar-refractivity contribution in [3.63, 3.8) is 0 Å². The number of carbonyl (C=O) groups is 1. The molecule has 2 aromatic carbocycles. The number of halogens is 1. The minimum Gasteiger partial charge on any atom is -1.00 e. The highest BCUT2D eigenvalue weighted by Gasteiger charge is 2.25. The number of amides is 1. The van der Waals surface area contributed by atoms with Gasteiger partial charge < -0.3 is 17.3 Å². The van der Waals surface area contributed by atoms with Gasteiger partial charge in [-0.15, -0.1) is 0 Å². The van der Waals surface area contributed by atoms with Crippen molar-refractivity contribution < 1.29 is 25.6 Å². The first kappa shape index (κ1) is 31.2. The molecule has 0 fully saturated rings. The molecule has 0 aliphatic rings. The zero-order valence-electron chi connectivity index (χ0n) is 22.6. The van der Waals surface area contributed by atoms with E-state index < -0.39 is 10.0 Å². The molecule has 204 valence electrons. The van der Waals surface area contributed by atoms with Gasteiger partial charge in [0.1, 0.15) is 0 Å². The van der Waals surface area contributed by atoms with Crippen molar-refractivity contribution in [2.24, 2.45) is 0 Å². The fraction of sp³-hybridized carbons (Fsp3) is 0.481. The van der Waals surface area contributed by atoms with Crippen LogP contribution in [0.4, 0.5) is 5.13 Å². The Morgan fingerprint density at radius 3 is 2.24 bits per heavy atom. The number of carbonyl (C=O) groups excluding carboxylic acids is 1. The molecule has 0 spiro atoms. The van der Waals surface area contributed by atoms with E-state index >= 15 is 0 Å². The molecule has 10 heteroatoms. The lowest BCUT2D eigenvalue weighted by atomic mass is 10.1. The fourth-order valence-corrected chi connectivity index (χ4v) is 6.69. The van der Waals surface area contributed by atoms with Crippen molar-refractivity contribution in [1.29, 1.82) is 0 Å². The largest absolute Gasteiger partial charge is 1.00 e. The molecule has 0 unspecified atom stereocenters. The zero-order chi connectivity index (χ0) is 26.5. The number of anilines is 1. The molecule has 1 heterocycles. The van der Waals surface area contributed by atoms with Crippen LogP contribution in [-0.4, -0.2) is 68.8 Å². The van der Waals surface area contributed by atoms with Gasteiger partial charge in [-0.05, 0) is 88.8 Å². The molecule has 7 nitrogen and oxygen atoms in total. The first-order valence-corrected chi connectivity index (χ1v) is 14.8. The molecule has 0 aliphatic carbocycles. The third-order valence-corrected chi connectivity index (χ3v) is 9.34. The molecule has 0 N–H and O–H groups in total. The third kappa shape index (κ3) is 7.51. The molecular formula is C27H38ClN4O3S2-. The van der Waals surface area contributed by atoms with E-state index in [9.17, 15) is 13.2 Å². The highest BCUT2D eigenvalue weighted by molar-refractivity contribution is 7.89. The SMILES string of the molecule is CCCCN(CC)S(=O)(=O)c1ccc(C(=O)N(CCCN(C)C)c2nc3cc(C)cc(C)c3s2)cc1.[Cl-]. The Hall–Kier alpha value is -2.04. The molecule has 0 bridgehead atoms. The number of nitrogens with zero attached hydrogens (tertiary/aromatic N) is 4. The molecule has 1 aromatic heterocycles. The van der Waals surface area contributed by atoms with Crippen molar-refractivity contribution in [3.8, 4) is 0 Å². The van der Waals surface area contributed by atoms with Crippen molar-refractivity contribution >= 4 is 42.6 Å². The van der Waals surface area contributed by atoms with Crippen LogP contribution in [0.3, 0.4) is 0 Å². The molecule has 0 aliphatic heterocycles. The summed E-state index contributed by atoms with van der Waals surface area (Å²) in [7, 11) is 0.423. The van der Waals surface area contributed by atoms with Gasteiger partial charge in [-0.3, -0.25) is 9.69 Å². The maximum absolute atomic E-state index is 13.7. The van der Waals surface area contributed by atoms with Crippen LogP contribution in [0.25, 0.3) is 10.2 Å². The Labute approximate surface area is 231 Å². The number of unbranched alkanes of at least 4 members (excludes halogenated alkanes) is 1.